The van der Waals surface area contributed by atoms with Crippen LogP contribution in [0, 0.1) is 11.3 Å². The number of aromatic amines is 1. The van der Waals surface area contributed by atoms with Gasteiger partial charge < -0.3 is 15.6 Å². The molecular formula is C23H19F3N8. The summed E-state index contributed by atoms with van der Waals surface area (Å²) in [6.07, 6.45) is 2.48. The lowest BCUT2D eigenvalue weighted by Gasteiger charge is -2.24. The average Bonchev–Trinajstić information content (AvgIpc) is 3.28. The summed E-state index contributed by atoms with van der Waals surface area (Å²) in [5.41, 5.74) is 1.13. The van der Waals surface area contributed by atoms with Gasteiger partial charge in [0.2, 0.25) is 5.95 Å². The van der Waals surface area contributed by atoms with Gasteiger partial charge in [0.25, 0.3) is 0 Å². The first-order valence-electron chi connectivity index (χ1n) is 10.7. The summed E-state index contributed by atoms with van der Waals surface area (Å²) in [6, 6.07) is 7.06. The molecule has 1 atom stereocenters. The number of alkyl halides is 3. The van der Waals surface area contributed by atoms with Crippen LogP contribution in [0.3, 0.4) is 0 Å². The molecular weight excluding hydrogens is 445 g/mol. The highest BCUT2D eigenvalue weighted by molar-refractivity contribution is 6.04. The number of nitrogens with one attached hydrogen (secondary N) is 3. The molecule has 0 bridgehead atoms. The van der Waals surface area contributed by atoms with Crippen LogP contribution in [0.2, 0.25) is 0 Å². The van der Waals surface area contributed by atoms with E-state index >= 15 is 0 Å². The Balaban J connectivity index is 1.67. The molecule has 1 aromatic carbocycles. The van der Waals surface area contributed by atoms with E-state index < -0.39 is 11.7 Å². The molecule has 1 saturated heterocycles. The molecule has 4 aromatic rings. The van der Waals surface area contributed by atoms with Gasteiger partial charge in [-0.15, -0.1) is 0 Å². The summed E-state index contributed by atoms with van der Waals surface area (Å²) in [5, 5.41) is 24.1. The number of halogens is 3. The Hall–Kier alpha value is -4.04. The fraction of sp³-hybridized carbons (Fsp3) is 0.261. The largest absolute Gasteiger partial charge is 0.419 e. The van der Waals surface area contributed by atoms with Crippen molar-refractivity contribution in [3.05, 3.63) is 54.1 Å². The number of piperidine rings is 1. The van der Waals surface area contributed by atoms with E-state index in [9.17, 15) is 18.4 Å². The molecule has 1 fully saturated rings. The summed E-state index contributed by atoms with van der Waals surface area (Å²) in [7, 11) is 0. The van der Waals surface area contributed by atoms with Gasteiger partial charge in [0.05, 0.1) is 35.2 Å². The monoisotopic (exact) mass is 464 g/mol. The van der Waals surface area contributed by atoms with Gasteiger partial charge in [-0.1, -0.05) is 6.07 Å². The Labute approximate surface area is 192 Å². The van der Waals surface area contributed by atoms with E-state index in [0.717, 1.165) is 25.6 Å². The number of nitrogens with zero attached hydrogens (tertiary/aromatic N) is 5. The molecule has 0 radical (unpaired) electrons. The molecule has 0 amide bonds. The average molecular weight is 464 g/mol. The van der Waals surface area contributed by atoms with Gasteiger partial charge in [-0.25, -0.2) is 9.97 Å². The Kier molecular flexibility index (Phi) is 5.59. The van der Waals surface area contributed by atoms with Crippen LogP contribution in [0.25, 0.3) is 33.3 Å². The third kappa shape index (κ3) is 4.04. The third-order valence-electron chi connectivity index (χ3n) is 5.83. The van der Waals surface area contributed by atoms with Crippen molar-refractivity contribution < 1.29 is 13.2 Å². The zero-order valence-electron chi connectivity index (χ0n) is 17.8. The fourth-order valence-electron chi connectivity index (χ4n) is 4.25. The normalized spacial score (nSPS) is 16.4. The van der Waals surface area contributed by atoms with E-state index in [1.54, 1.807) is 18.2 Å². The van der Waals surface area contributed by atoms with Gasteiger partial charge in [0, 0.05) is 47.1 Å². The van der Waals surface area contributed by atoms with Crippen LogP contribution in [-0.4, -0.2) is 44.3 Å². The quantitative estimate of drug-likeness (QED) is 0.416. The second-order valence-corrected chi connectivity index (χ2v) is 8.00. The van der Waals surface area contributed by atoms with Crippen LogP contribution < -0.4 is 10.6 Å². The van der Waals surface area contributed by atoms with Gasteiger partial charge in [-0.3, -0.25) is 0 Å². The van der Waals surface area contributed by atoms with Crippen LogP contribution in [0.4, 0.5) is 19.1 Å². The molecule has 11 heteroatoms. The molecule has 3 N–H and O–H groups in total. The van der Waals surface area contributed by atoms with E-state index in [2.05, 4.69) is 41.9 Å². The van der Waals surface area contributed by atoms with Crippen molar-refractivity contribution in [3.8, 4) is 28.5 Å². The number of H-pyrrole nitrogens is 1. The predicted octanol–water partition coefficient (Wildman–Crippen LogP) is 4.14. The molecule has 4 heterocycles. The fourth-order valence-corrected chi connectivity index (χ4v) is 4.25. The highest BCUT2D eigenvalue weighted by Crippen LogP contribution is 2.41. The second-order valence-electron chi connectivity index (χ2n) is 8.00. The van der Waals surface area contributed by atoms with Crippen molar-refractivity contribution in [2.45, 2.75) is 25.1 Å². The van der Waals surface area contributed by atoms with Crippen molar-refractivity contribution in [2.24, 2.45) is 0 Å². The number of fused-ring (bicyclic) bond motifs is 1. The highest BCUT2D eigenvalue weighted by Gasteiger charge is 2.36. The Morgan fingerprint density at radius 2 is 2.03 bits per heavy atom. The van der Waals surface area contributed by atoms with Gasteiger partial charge in [0.1, 0.15) is 5.56 Å². The van der Waals surface area contributed by atoms with Crippen molar-refractivity contribution in [1.29, 1.82) is 5.26 Å². The summed E-state index contributed by atoms with van der Waals surface area (Å²) in [6.45, 7) is 1.60. The van der Waals surface area contributed by atoms with Crippen molar-refractivity contribution >= 4 is 16.9 Å². The third-order valence-corrected chi connectivity index (χ3v) is 5.83. The summed E-state index contributed by atoms with van der Waals surface area (Å²) in [4.78, 5) is 11.3. The molecule has 0 saturated carbocycles. The zero-order valence-corrected chi connectivity index (χ0v) is 17.8. The molecule has 172 valence electrons. The minimum Gasteiger partial charge on any atom is -0.360 e. The van der Waals surface area contributed by atoms with Gasteiger partial charge in [0.15, 0.2) is 0 Å². The predicted molar refractivity (Wildman–Crippen MR) is 120 cm³/mol. The first-order valence-corrected chi connectivity index (χ1v) is 10.7. The SMILES string of the molecule is N#Cc1ccc2c(-c3nc(N[C@@H]4CCCNC4)ncc3C(F)(F)F)c[nH]c2c1-c1ccnnc1. The lowest BCUT2D eigenvalue weighted by Crippen LogP contribution is -2.38. The van der Waals surface area contributed by atoms with Gasteiger partial charge >= 0.3 is 6.18 Å². The van der Waals surface area contributed by atoms with Gasteiger partial charge in [-0.2, -0.15) is 28.6 Å². The number of benzene rings is 1. The number of anilines is 1. The minimum absolute atomic E-state index is 0.0327. The maximum absolute atomic E-state index is 13.9. The summed E-state index contributed by atoms with van der Waals surface area (Å²) in [5.74, 6) is 0.137. The lowest BCUT2D eigenvalue weighted by atomic mass is 9.97. The maximum atomic E-state index is 13.9. The first-order chi connectivity index (χ1) is 16.5. The topological polar surface area (TPSA) is 115 Å². The Morgan fingerprint density at radius 3 is 2.74 bits per heavy atom. The van der Waals surface area contributed by atoms with E-state index in [-0.39, 0.29) is 23.2 Å². The molecule has 0 spiro atoms. The van der Waals surface area contributed by atoms with E-state index in [0.29, 0.717) is 34.1 Å². The van der Waals surface area contributed by atoms with Gasteiger partial charge in [-0.05, 0) is 31.5 Å². The number of hydrogen-bond acceptors (Lipinski definition) is 7. The van der Waals surface area contributed by atoms with E-state index in [4.69, 9.17) is 0 Å². The number of nitriles is 1. The number of hydrogen-bond donors (Lipinski definition) is 3. The number of aromatic nitrogens is 5. The Morgan fingerprint density at radius 1 is 1.15 bits per heavy atom. The van der Waals surface area contributed by atoms with E-state index in [1.807, 2.05) is 0 Å². The molecule has 0 aliphatic carbocycles. The van der Waals surface area contributed by atoms with Crippen LogP contribution >= 0.6 is 0 Å². The van der Waals surface area contributed by atoms with Crippen molar-refractivity contribution in [3.63, 3.8) is 0 Å². The molecule has 3 aromatic heterocycles. The lowest BCUT2D eigenvalue weighted by molar-refractivity contribution is -0.137. The zero-order chi connectivity index (χ0) is 23.7. The second kappa shape index (κ2) is 8.72. The van der Waals surface area contributed by atoms with Crippen LogP contribution in [0.1, 0.15) is 24.0 Å². The summed E-state index contributed by atoms with van der Waals surface area (Å²) < 4.78 is 41.7. The molecule has 5 rings (SSSR count). The van der Waals surface area contributed by atoms with E-state index in [1.165, 1.54) is 18.6 Å². The molecule has 1 aliphatic heterocycles. The molecule has 8 nitrogen and oxygen atoms in total. The summed E-state index contributed by atoms with van der Waals surface area (Å²) >= 11 is 0. The highest BCUT2D eigenvalue weighted by atomic mass is 19.4. The maximum Gasteiger partial charge on any atom is 0.419 e. The molecule has 34 heavy (non-hydrogen) atoms. The smallest absolute Gasteiger partial charge is 0.360 e. The first kappa shape index (κ1) is 21.8. The van der Waals surface area contributed by atoms with Crippen LogP contribution in [0.15, 0.2) is 43.0 Å². The minimum atomic E-state index is -4.64. The van der Waals surface area contributed by atoms with Crippen molar-refractivity contribution in [2.75, 3.05) is 18.4 Å². The molecule has 1 aliphatic rings. The number of rotatable bonds is 4. The molecule has 0 unspecified atom stereocenters. The van der Waals surface area contributed by atoms with Crippen molar-refractivity contribution in [1.82, 2.24) is 30.5 Å². The van der Waals surface area contributed by atoms with Crippen LogP contribution in [0.5, 0.6) is 0 Å². The Bertz CT molecular complexity index is 1370. The van der Waals surface area contributed by atoms with Crippen LogP contribution in [-0.2, 0) is 6.18 Å². The standard InChI is InChI=1S/C23H19F3N8/c24-23(25,26)18-12-30-22(33-15-2-1-6-28-10-15)34-20(18)17-11-29-21-16(17)4-3-13(8-27)19(21)14-5-7-31-32-9-14/h3-5,7,9,11-12,15,28-29H,1-2,6,10H2,(H,30,33,34)/t15-/m1/s1.